The number of aryl methyl sites for hydroxylation is 4. The summed E-state index contributed by atoms with van der Waals surface area (Å²) in [6.45, 7) is 7.98. The first-order valence-electron chi connectivity index (χ1n) is 10.6. The number of Topliss-reactive ketones (excluding diaryl/α,β-unsaturated/α-hetero) is 2. The van der Waals surface area contributed by atoms with E-state index < -0.39 is 24.1 Å². The molecule has 0 aromatic heterocycles. The number of carbonyl (C=O) groups excluding carboxylic acids is 3. The third-order valence-electron chi connectivity index (χ3n) is 6.01. The van der Waals surface area contributed by atoms with E-state index >= 15 is 0 Å². The number of carbonyl (C=O) groups is 3. The van der Waals surface area contributed by atoms with Crippen LogP contribution in [-0.2, 0) is 9.59 Å². The fourth-order valence-electron chi connectivity index (χ4n) is 4.56. The van der Waals surface area contributed by atoms with Gasteiger partial charge in [-0.25, -0.2) is 4.79 Å². The molecule has 2 aromatic carbocycles. The predicted molar refractivity (Wildman–Crippen MR) is 119 cm³/mol. The summed E-state index contributed by atoms with van der Waals surface area (Å²) in [6.07, 6.45) is -0.530. The second-order valence-electron chi connectivity index (χ2n) is 8.46. The molecule has 6 heteroatoms. The Morgan fingerprint density at radius 3 is 2.35 bits per heavy atom. The van der Waals surface area contributed by atoms with E-state index in [1.165, 1.54) is 0 Å². The van der Waals surface area contributed by atoms with Crippen molar-refractivity contribution in [3.63, 3.8) is 0 Å². The molecule has 0 bridgehead atoms. The van der Waals surface area contributed by atoms with E-state index in [1.807, 2.05) is 52.0 Å². The maximum Gasteiger partial charge on any atom is 0.317 e. The van der Waals surface area contributed by atoms with Crippen LogP contribution < -0.4 is 10.6 Å². The molecule has 2 amide bonds. The van der Waals surface area contributed by atoms with Crippen molar-refractivity contribution in [3.8, 4) is 0 Å². The molecular formula is C25H30N2O4. The summed E-state index contributed by atoms with van der Waals surface area (Å²) >= 11 is 0. The molecule has 31 heavy (non-hydrogen) atoms. The number of benzene rings is 2. The molecule has 3 rings (SSSR count). The average molecular weight is 423 g/mol. The zero-order valence-corrected chi connectivity index (χ0v) is 18.5. The van der Waals surface area contributed by atoms with Crippen LogP contribution in [0.15, 0.2) is 36.4 Å². The molecule has 3 N–H and O–H groups in total. The lowest BCUT2D eigenvalue weighted by molar-refractivity contribution is -0.124. The minimum Gasteiger partial charge on any atom is -0.369 e. The summed E-state index contributed by atoms with van der Waals surface area (Å²) in [5.41, 5.74) is 5.37. The van der Waals surface area contributed by atoms with Gasteiger partial charge in [0.25, 0.3) is 0 Å². The highest BCUT2D eigenvalue weighted by Gasteiger charge is 2.42. The third-order valence-corrected chi connectivity index (χ3v) is 6.01. The monoisotopic (exact) mass is 422 g/mol. The third kappa shape index (κ3) is 5.02. The van der Waals surface area contributed by atoms with Crippen molar-refractivity contribution in [1.82, 2.24) is 10.6 Å². The standard InChI is InChI=1S/C25H30N2O4/c1-14-11-16(3)21(17(4)12-14)22-20(28)13-18(23(22)29)9-10-26-25(31)27-24(30)19-8-6-5-7-15(19)2/h5-8,11-12,18,22,24,30H,9-10,13H2,1-4H3,(H2,26,27,31). The number of rotatable bonds is 6. The van der Waals surface area contributed by atoms with Crippen LogP contribution in [0.25, 0.3) is 0 Å². The van der Waals surface area contributed by atoms with Crippen LogP contribution in [0.2, 0.25) is 0 Å². The second kappa shape index (κ2) is 9.43. The molecule has 3 unspecified atom stereocenters. The van der Waals surface area contributed by atoms with Crippen molar-refractivity contribution in [2.24, 2.45) is 5.92 Å². The van der Waals surface area contributed by atoms with Crippen LogP contribution in [0.5, 0.6) is 0 Å². The first-order valence-corrected chi connectivity index (χ1v) is 10.6. The molecular weight excluding hydrogens is 392 g/mol. The SMILES string of the molecule is Cc1cc(C)c(C2C(=O)CC(CCNC(=O)NC(O)c3ccccc3C)C2=O)c(C)c1. The van der Waals surface area contributed by atoms with Gasteiger partial charge in [-0.05, 0) is 56.4 Å². The lowest BCUT2D eigenvalue weighted by Crippen LogP contribution is -2.39. The fourth-order valence-corrected chi connectivity index (χ4v) is 4.56. The number of hydrogen-bond donors (Lipinski definition) is 3. The lowest BCUT2D eigenvalue weighted by atomic mass is 9.86. The second-order valence-corrected chi connectivity index (χ2v) is 8.46. The van der Waals surface area contributed by atoms with Crippen LogP contribution in [0.4, 0.5) is 4.79 Å². The van der Waals surface area contributed by atoms with E-state index in [0.717, 1.165) is 27.8 Å². The Labute approximate surface area is 183 Å². The van der Waals surface area contributed by atoms with Gasteiger partial charge in [0.2, 0.25) is 0 Å². The van der Waals surface area contributed by atoms with E-state index in [1.54, 1.807) is 12.1 Å². The average Bonchev–Trinajstić information content (AvgIpc) is 2.95. The summed E-state index contributed by atoms with van der Waals surface area (Å²) < 4.78 is 0. The molecule has 1 aliphatic rings. The maximum atomic E-state index is 13.0. The minimum atomic E-state index is -1.12. The van der Waals surface area contributed by atoms with Crippen LogP contribution in [0, 0.1) is 33.6 Å². The van der Waals surface area contributed by atoms with Crippen molar-refractivity contribution in [1.29, 1.82) is 0 Å². The van der Waals surface area contributed by atoms with Crippen molar-refractivity contribution in [2.75, 3.05) is 6.54 Å². The van der Waals surface area contributed by atoms with Gasteiger partial charge >= 0.3 is 6.03 Å². The molecule has 164 valence electrons. The highest BCUT2D eigenvalue weighted by atomic mass is 16.3. The Balaban J connectivity index is 1.56. The van der Waals surface area contributed by atoms with Crippen LogP contribution in [0.1, 0.15) is 58.4 Å². The van der Waals surface area contributed by atoms with Crippen LogP contribution in [-0.4, -0.2) is 29.2 Å². The van der Waals surface area contributed by atoms with E-state index in [0.29, 0.717) is 12.0 Å². The number of amides is 2. The zero-order chi connectivity index (χ0) is 22.7. The lowest BCUT2D eigenvalue weighted by Gasteiger charge is -2.17. The van der Waals surface area contributed by atoms with Crippen molar-refractivity contribution < 1.29 is 19.5 Å². The predicted octanol–water partition coefficient (Wildman–Crippen LogP) is 3.54. The largest absolute Gasteiger partial charge is 0.369 e. The van der Waals surface area contributed by atoms with E-state index in [2.05, 4.69) is 10.6 Å². The number of nitrogens with one attached hydrogen (secondary N) is 2. The Kier molecular flexibility index (Phi) is 6.91. The normalized spacial score (nSPS) is 19.4. The van der Waals surface area contributed by atoms with Gasteiger partial charge in [-0.2, -0.15) is 0 Å². The summed E-state index contributed by atoms with van der Waals surface area (Å²) in [5.74, 6) is -1.23. The van der Waals surface area contributed by atoms with Gasteiger partial charge in [0, 0.05) is 24.4 Å². The summed E-state index contributed by atoms with van der Waals surface area (Å²) in [7, 11) is 0. The van der Waals surface area contributed by atoms with Gasteiger partial charge in [-0.3, -0.25) is 9.59 Å². The van der Waals surface area contributed by atoms with Crippen molar-refractivity contribution >= 4 is 17.6 Å². The van der Waals surface area contributed by atoms with Crippen molar-refractivity contribution in [3.05, 3.63) is 69.8 Å². The quantitative estimate of drug-likeness (QED) is 0.490. The molecule has 0 saturated heterocycles. The smallest absolute Gasteiger partial charge is 0.317 e. The molecule has 2 aromatic rings. The van der Waals surface area contributed by atoms with Gasteiger partial charge in [0.15, 0.2) is 12.0 Å². The number of ketones is 2. The van der Waals surface area contributed by atoms with Gasteiger partial charge in [0.05, 0.1) is 0 Å². The molecule has 1 aliphatic carbocycles. The first-order chi connectivity index (χ1) is 14.7. The van der Waals surface area contributed by atoms with E-state index in [-0.39, 0.29) is 24.5 Å². The van der Waals surface area contributed by atoms with E-state index in [9.17, 15) is 19.5 Å². The van der Waals surface area contributed by atoms with E-state index in [4.69, 9.17) is 0 Å². The highest BCUT2D eigenvalue weighted by molar-refractivity contribution is 6.15. The van der Waals surface area contributed by atoms with Gasteiger partial charge in [0.1, 0.15) is 11.7 Å². The summed E-state index contributed by atoms with van der Waals surface area (Å²) in [6, 6.07) is 10.7. The van der Waals surface area contributed by atoms with Gasteiger partial charge < -0.3 is 15.7 Å². The highest BCUT2D eigenvalue weighted by Crippen LogP contribution is 2.37. The molecule has 0 radical (unpaired) electrons. The molecule has 3 atom stereocenters. The molecule has 0 aliphatic heterocycles. The van der Waals surface area contributed by atoms with Crippen molar-refractivity contribution in [2.45, 2.75) is 52.7 Å². The van der Waals surface area contributed by atoms with Crippen LogP contribution in [0.3, 0.4) is 0 Å². The summed E-state index contributed by atoms with van der Waals surface area (Å²) in [4.78, 5) is 37.8. The zero-order valence-electron chi connectivity index (χ0n) is 18.5. The minimum absolute atomic E-state index is 0.0514. The summed E-state index contributed by atoms with van der Waals surface area (Å²) in [5, 5.41) is 15.4. The number of urea groups is 1. The molecule has 1 saturated carbocycles. The Bertz CT molecular complexity index is 991. The Morgan fingerprint density at radius 1 is 1.06 bits per heavy atom. The molecule has 6 nitrogen and oxygen atoms in total. The maximum absolute atomic E-state index is 13.0. The Hall–Kier alpha value is -2.99. The molecule has 1 fully saturated rings. The number of aliphatic hydroxyl groups is 1. The van der Waals surface area contributed by atoms with Crippen LogP contribution >= 0.6 is 0 Å². The topological polar surface area (TPSA) is 95.5 Å². The van der Waals surface area contributed by atoms with Gasteiger partial charge in [-0.1, -0.05) is 42.0 Å². The molecule has 0 spiro atoms. The number of aliphatic hydroxyl groups excluding tert-OH is 1. The van der Waals surface area contributed by atoms with Gasteiger partial charge in [-0.15, -0.1) is 0 Å². The molecule has 0 heterocycles. The fraction of sp³-hybridized carbons (Fsp3) is 0.400. The first kappa shape index (κ1) is 22.7. The number of hydrogen-bond acceptors (Lipinski definition) is 4. The Morgan fingerprint density at radius 2 is 1.71 bits per heavy atom.